The van der Waals surface area contributed by atoms with Crippen molar-refractivity contribution in [2.24, 2.45) is 0 Å². The Labute approximate surface area is 86.9 Å². The fraction of sp³-hybridized carbons (Fsp3) is 0. The van der Waals surface area contributed by atoms with Crippen molar-refractivity contribution < 1.29 is 71.1 Å². The summed E-state index contributed by atoms with van der Waals surface area (Å²) in [5.41, 5.74) is 0. The molecule has 0 aromatic heterocycles. The molecule has 0 atom stereocenters. The topological polar surface area (TPSA) is 0 Å². The summed E-state index contributed by atoms with van der Waals surface area (Å²) >= 11 is 0. The predicted molar refractivity (Wildman–Crippen MR) is 9.94 cm³/mol. The van der Waals surface area contributed by atoms with Crippen LogP contribution >= 0.6 is 0 Å². The molecule has 0 aromatic carbocycles. The molecule has 0 bridgehead atoms. The number of hydrogen-bond donors (Lipinski definition) is 0. The molecule has 0 heterocycles. The molecule has 0 saturated heterocycles. The first-order valence-corrected chi connectivity index (χ1v) is 0. The summed E-state index contributed by atoms with van der Waals surface area (Å²) < 4.78 is 0. The maximum absolute atomic E-state index is 0. The molecule has 21 valence electrons. The molecule has 0 amide bonds. The van der Waals surface area contributed by atoms with Crippen LogP contribution in [-0.4, -0.2) is 17.4 Å². The summed E-state index contributed by atoms with van der Waals surface area (Å²) in [6.45, 7) is 0. The Morgan fingerprint density at radius 3 is 1.00 bits per heavy atom. The van der Waals surface area contributed by atoms with Gasteiger partial charge in [0.1, 0.15) is 0 Å². The number of rotatable bonds is 0. The van der Waals surface area contributed by atoms with Crippen molar-refractivity contribution in [2.45, 2.75) is 0 Å². The zero-order chi connectivity index (χ0) is 0. The van der Waals surface area contributed by atoms with E-state index in [2.05, 4.69) is 0 Å². The van der Waals surface area contributed by atoms with Crippen molar-refractivity contribution >= 4 is 17.4 Å². The normalized spacial score (nSPS) is 0. The summed E-state index contributed by atoms with van der Waals surface area (Å²) in [5, 5.41) is 0. The zero-order valence-electron chi connectivity index (χ0n) is 1.39. The third-order valence-corrected chi connectivity index (χ3v) is 0. The average Bonchev–Trinajstić information content (AvgIpc) is 0. The van der Waals surface area contributed by atoms with E-state index in [1.807, 2.05) is 0 Å². The molecular weight excluding hydrogens is 264 g/mol. The van der Waals surface area contributed by atoms with Crippen molar-refractivity contribution in [1.82, 2.24) is 0 Å². The largest absolute Gasteiger partial charge is 0.187 e. The minimum Gasteiger partial charge on any atom is 0 e. The van der Waals surface area contributed by atoms with Gasteiger partial charge in [0, 0.05) is 71.1 Å². The summed E-state index contributed by atoms with van der Waals surface area (Å²) in [7, 11) is 0. The van der Waals surface area contributed by atoms with Crippen molar-refractivity contribution in [3.63, 3.8) is 0 Å². The summed E-state index contributed by atoms with van der Waals surface area (Å²) in [6, 6.07) is 0. The maximum Gasteiger partial charge on any atom is 0.187 e. The first-order valence-electron chi connectivity index (χ1n) is 0. The molecule has 0 rings (SSSR count). The predicted octanol–water partition coefficient (Wildman–Crippen LogP) is -1.19. The van der Waals surface area contributed by atoms with E-state index in [1.165, 1.54) is 0 Å². The van der Waals surface area contributed by atoms with E-state index in [0.29, 0.717) is 0 Å². The van der Waals surface area contributed by atoms with Crippen molar-refractivity contribution in [3.05, 3.63) is 0 Å². The monoisotopic (exact) mass is 269 g/mol. The van der Waals surface area contributed by atoms with E-state index < -0.39 is 0 Å². The van der Waals surface area contributed by atoms with Crippen LogP contribution < -0.4 is 0 Å². The van der Waals surface area contributed by atoms with Crippen LogP contribution in [0.15, 0.2) is 0 Å². The quantitative estimate of drug-likeness (QED) is 0.484. The summed E-state index contributed by atoms with van der Waals surface area (Å²) in [5.74, 6) is 0. The first kappa shape index (κ1) is 28.8. The van der Waals surface area contributed by atoms with E-state index in [-0.39, 0.29) is 88.5 Å². The van der Waals surface area contributed by atoms with Gasteiger partial charge in [-0.3, -0.25) is 0 Å². The van der Waals surface area contributed by atoms with Crippen LogP contribution in [-0.2, 0) is 71.1 Å². The molecule has 0 saturated carbocycles. The van der Waals surface area contributed by atoms with Gasteiger partial charge in [0.15, 0.2) is 17.4 Å². The molecule has 4 heteroatoms. The molecule has 1 radical (unpaired) electrons. The summed E-state index contributed by atoms with van der Waals surface area (Å²) in [6.07, 6.45) is 0. The van der Waals surface area contributed by atoms with Crippen molar-refractivity contribution in [2.75, 3.05) is 0 Å². The molecule has 0 spiro atoms. The van der Waals surface area contributed by atoms with Crippen LogP contribution in [0.1, 0.15) is 0 Å². The standard InChI is InChI=1S/Al.Cr.Mo.Y.3H. The van der Waals surface area contributed by atoms with Gasteiger partial charge in [-0.05, 0) is 0 Å². The summed E-state index contributed by atoms with van der Waals surface area (Å²) in [4.78, 5) is 0. The molecule has 0 aromatic rings. The Balaban J connectivity index is 0. The maximum atomic E-state index is 0. The van der Waals surface area contributed by atoms with E-state index in [0.717, 1.165) is 0 Å². The van der Waals surface area contributed by atoms with Gasteiger partial charge < -0.3 is 0 Å². The van der Waals surface area contributed by atoms with E-state index in [9.17, 15) is 0 Å². The molecule has 0 N–H and O–H groups in total. The number of hydrogen-bond acceptors (Lipinski definition) is 0. The van der Waals surface area contributed by atoms with Crippen molar-refractivity contribution in [3.8, 4) is 0 Å². The SMILES string of the molecule is [AlH3].[Cr].[Mo].[Y]. The van der Waals surface area contributed by atoms with E-state index >= 15 is 0 Å². The van der Waals surface area contributed by atoms with Gasteiger partial charge in [-0.15, -0.1) is 0 Å². The second-order valence-corrected chi connectivity index (χ2v) is 0. The Morgan fingerprint density at radius 2 is 1.00 bits per heavy atom. The van der Waals surface area contributed by atoms with Crippen LogP contribution in [0.4, 0.5) is 0 Å². The smallest absolute Gasteiger partial charge is 0 e. The molecule has 4 heavy (non-hydrogen) atoms. The Kier molecular flexibility index (Phi) is 122. The third-order valence-electron chi connectivity index (χ3n) is 0. The Bertz CT molecular complexity index is 8.00. The van der Waals surface area contributed by atoms with E-state index in [4.69, 9.17) is 0 Å². The third kappa shape index (κ3) is 8.85. The van der Waals surface area contributed by atoms with Gasteiger partial charge in [0.05, 0.1) is 0 Å². The Hall–Kier alpha value is 2.86. The zero-order valence-corrected chi connectivity index (χ0v) is 7.51. The van der Waals surface area contributed by atoms with Crippen molar-refractivity contribution in [1.29, 1.82) is 0 Å². The molecule has 0 aliphatic carbocycles. The van der Waals surface area contributed by atoms with Gasteiger partial charge in [0.25, 0.3) is 0 Å². The average molecular weight is 267 g/mol. The molecule has 0 aliphatic rings. The van der Waals surface area contributed by atoms with Gasteiger partial charge in [0.2, 0.25) is 0 Å². The fourth-order valence-corrected chi connectivity index (χ4v) is 0. The van der Waals surface area contributed by atoms with Crippen LogP contribution in [0.2, 0.25) is 0 Å². The molecule has 0 aliphatic heterocycles. The van der Waals surface area contributed by atoms with Crippen LogP contribution in [0.5, 0.6) is 0 Å². The van der Waals surface area contributed by atoms with Gasteiger partial charge >= 0.3 is 0 Å². The van der Waals surface area contributed by atoms with Crippen LogP contribution in [0.3, 0.4) is 0 Å². The Morgan fingerprint density at radius 1 is 1.00 bits per heavy atom. The molecular formula is H3AlCrMoY. The minimum absolute atomic E-state index is 0. The van der Waals surface area contributed by atoms with Gasteiger partial charge in [-0.1, -0.05) is 0 Å². The second kappa shape index (κ2) is 16.9. The van der Waals surface area contributed by atoms with Gasteiger partial charge in [-0.2, -0.15) is 0 Å². The first-order chi connectivity index (χ1) is 0. The second-order valence-electron chi connectivity index (χ2n) is 0. The van der Waals surface area contributed by atoms with Gasteiger partial charge in [-0.25, -0.2) is 0 Å². The fourth-order valence-electron chi connectivity index (χ4n) is 0. The molecule has 0 unspecified atom stereocenters. The van der Waals surface area contributed by atoms with E-state index in [1.54, 1.807) is 0 Å². The molecule has 0 nitrogen and oxygen atoms in total. The minimum atomic E-state index is 0. The van der Waals surface area contributed by atoms with Crippen LogP contribution in [0, 0.1) is 0 Å². The molecule has 0 fully saturated rings. The van der Waals surface area contributed by atoms with Crippen LogP contribution in [0.25, 0.3) is 0 Å².